The Balaban J connectivity index is 3.68. The molecule has 0 radical (unpaired) electrons. The molecule has 0 spiro atoms. The highest BCUT2D eigenvalue weighted by molar-refractivity contribution is 7.96. The third-order valence-electron chi connectivity index (χ3n) is 0.353. The average Bonchev–Trinajstić information content (AvgIpc) is 1.27. The molecular weight excluding hydrogens is 106 g/mol. The van der Waals surface area contributed by atoms with Crippen LogP contribution in [0.1, 0.15) is 13.8 Å². The minimum Gasteiger partial charge on any atom is -0.253 e. The zero-order valence-electron chi connectivity index (χ0n) is 4.60. The summed E-state index contributed by atoms with van der Waals surface area (Å²) in [4.78, 5) is 3.86. The van der Waals surface area contributed by atoms with E-state index in [0.29, 0.717) is 0 Å². The molecule has 0 aromatic carbocycles. The summed E-state index contributed by atoms with van der Waals surface area (Å²) in [6.07, 6.45) is 0. The zero-order valence-corrected chi connectivity index (χ0v) is 5.50. The summed E-state index contributed by atoms with van der Waals surface area (Å²) in [6.45, 7) is 7.21. The van der Waals surface area contributed by atoms with Crippen molar-refractivity contribution in [2.75, 3.05) is 0 Å². The Hall–Kier alpha value is -0.240. The number of thiol groups is 1. The van der Waals surface area contributed by atoms with Gasteiger partial charge < -0.3 is 0 Å². The fourth-order valence-corrected chi connectivity index (χ4v) is 0.447. The summed E-state index contributed by atoms with van der Waals surface area (Å²) in [5.41, 5.74) is 0.799. The molecule has 0 heterocycles. The van der Waals surface area contributed by atoms with Gasteiger partial charge in [-0.05, 0) is 13.8 Å². The molecular formula is C5H9NS. The molecule has 0 aliphatic rings. The van der Waals surface area contributed by atoms with E-state index in [-0.39, 0.29) is 0 Å². The van der Waals surface area contributed by atoms with Crippen LogP contribution in [0.25, 0.3) is 0 Å². The number of rotatable bonds is 1. The summed E-state index contributed by atoms with van der Waals surface area (Å²) in [7, 11) is 0. The van der Waals surface area contributed by atoms with E-state index in [2.05, 4.69) is 24.2 Å². The largest absolute Gasteiger partial charge is 0.253 e. The van der Waals surface area contributed by atoms with E-state index in [1.54, 1.807) is 0 Å². The van der Waals surface area contributed by atoms with E-state index in [1.807, 2.05) is 13.8 Å². The van der Waals surface area contributed by atoms with Gasteiger partial charge in [0.2, 0.25) is 0 Å². The Bertz CT molecular complexity index is 101. The molecule has 2 heteroatoms. The number of aliphatic imine (C=N–C) groups is 1. The van der Waals surface area contributed by atoms with Gasteiger partial charge in [0.1, 0.15) is 0 Å². The van der Waals surface area contributed by atoms with Crippen molar-refractivity contribution in [3.63, 3.8) is 0 Å². The van der Waals surface area contributed by atoms with Gasteiger partial charge in [-0.15, -0.1) is 12.6 Å². The predicted molar refractivity (Wildman–Crippen MR) is 36.9 cm³/mol. The molecule has 0 bridgehead atoms. The summed E-state index contributed by atoms with van der Waals surface area (Å²) >= 11 is 3.93. The summed E-state index contributed by atoms with van der Waals surface area (Å²) in [6, 6.07) is 0. The maximum atomic E-state index is 3.93. The summed E-state index contributed by atoms with van der Waals surface area (Å²) in [5.74, 6) is 0. The third kappa shape index (κ3) is 5.76. The Kier molecular flexibility index (Phi) is 2.76. The lowest BCUT2D eigenvalue weighted by atomic mass is 10.6. The fourth-order valence-electron chi connectivity index (χ4n) is 0.276. The highest BCUT2D eigenvalue weighted by Crippen LogP contribution is 1.91. The monoisotopic (exact) mass is 115 g/mol. The van der Waals surface area contributed by atoms with Gasteiger partial charge in [-0.25, -0.2) is 0 Å². The first-order chi connectivity index (χ1) is 3.13. The van der Waals surface area contributed by atoms with E-state index < -0.39 is 0 Å². The van der Waals surface area contributed by atoms with Crippen LogP contribution in [0.3, 0.4) is 0 Å². The lowest BCUT2D eigenvalue weighted by Crippen LogP contribution is -1.73. The molecule has 7 heavy (non-hydrogen) atoms. The number of hydrogen-bond acceptors (Lipinski definition) is 1. The summed E-state index contributed by atoms with van der Waals surface area (Å²) in [5, 5.41) is 0.757. The minimum atomic E-state index is 0.757. The average molecular weight is 115 g/mol. The third-order valence-corrected chi connectivity index (χ3v) is 0.453. The van der Waals surface area contributed by atoms with Crippen molar-refractivity contribution in [2.24, 2.45) is 4.99 Å². The Morgan fingerprint density at radius 1 is 1.57 bits per heavy atom. The van der Waals surface area contributed by atoms with E-state index in [4.69, 9.17) is 0 Å². The van der Waals surface area contributed by atoms with E-state index in [0.717, 1.165) is 10.7 Å². The van der Waals surface area contributed by atoms with Crippen molar-refractivity contribution < 1.29 is 0 Å². The molecule has 0 N–H and O–H groups in total. The van der Waals surface area contributed by atoms with E-state index in [9.17, 15) is 0 Å². The number of allylic oxidation sites excluding steroid dienone is 1. The summed E-state index contributed by atoms with van der Waals surface area (Å²) < 4.78 is 0. The molecule has 0 saturated heterocycles. The molecule has 1 nitrogen and oxygen atoms in total. The van der Waals surface area contributed by atoms with Gasteiger partial charge in [0, 0.05) is 5.70 Å². The van der Waals surface area contributed by atoms with Crippen molar-refractivity contribution in [1.29, 1.82) is 0 Å². The van der Waals surface area contributed by atoms with Gasteiger partial charge in [-0.3, -0.25) is 4.99 Å². The topological polar surface area (TPSA) is 12.4 Å². The first-order valence-corrected chi connectivity index (χ1v) is 2.47. The molecule has 0 rings (SSSR count). The van der Waals surface area contributed by atoms with Crippen LogP contribution in [0.2, 0.25) is 0 Å². The highest BCUT2D eigenvalue weighted by atomic mass is 32.1. The van der Waals surface area contributed by atoms with E-state index >= 15 is 0 Å². The van der Waals surface area contributed by atoms with Crippen LogP contribution < -0.4 is 0 Å². The van der Waals surface area contributed by atoms with Crippen LogP contribution in [-0.2, 0) is 0 Å². The maximum Gasteiger partial charge on any atom is 0.0672 e. The first-order valence-electron chi connectivity index (χ1n) is 2.02. The molecule has 0 saturated carbocycles. The second kappa shape index (κ2) is 2.86. The molecule has 0 aromatic heterocycles. The molecule has 0 aliphatic carbocycles. The fraction of sp³-hybridized carbons (Fsp3) is 0.400. The second-order valence-corrected chi connectivity index (χ2v) is 2.04. The van der Waals surface area contributed by atoms with Crippen molar-refractivity contribution >= 4 is 17.7 Å². The van der Waals surface area contributed by atoms with Gasteiger partial charge in [0.05, 0.1) is 5.04 Å². The maximum absolute atomic E-state index is 3.93. The lowest BCUT2D eigenvalue weighted by molar-refractivity contribution is 1.33. The van der Waals surface area contributed by atoms with Crippen molar-refractivity contribution in [2.45, 2.75) is 13.8 Å². The second-order valence-electron chi connectivity index (χ2n) is 1.39. The Labute approximate surface area is 49.6 Å². The predicted octanol–water partition coefficient (Wildman–Crippen LogP) is 1.87. The van der Waals surface area contributed by atoms with Gasteiger partial charge in [0.25, 0.3) is 0 Å². The molecule has 0 atom stereocenters. The van der Waals surface area contributed by atoms with Crippen LogP contribution in [0.15, 0.2) is 17.3 Å². The molecule has 0 aliphatic heterocycles. The van der Waals surface area contributed by atoms with Gasteiger partial charge >= 0.3 is 0 Å². The first kappa shape index (κ1) is 6.76. The van der Waals surface area contributed by atoms with Crippen LogP contribution in [-0.4, -0.2) is 5.04 Å². The number of hydrogen-bond donors (Lipinski definition) is 1. The Morgan fingerprint density at radius 3 is 2.00 bits per heavy atom. The molecule has 0 aromatic rings. The standard InChI is InChI=1S/C5H9NS/c1-4(2)6-5(3)7/h1H2,2-3H3,(H,6,7). The molecule has 0 fully saturated rings. The SMILES string of the molecule is C=C(C)/N=C(/C)S. The smallest absolute Gasteiger partial charge is 0.0672 e. The minimum absolute atomic E-state index is 0.757. The highest BCUT2D eigenvalue weighted by Gasteiger charge is 1.75. The van der Waals surface area contributed by atoms with E-state index in [1.165, 1.54) is 0 Å². The van der Waals surface area contributed by atoms with Crippen molar-refractivity contribution in [1.82, 2.24) is 0 Å². The number of nitrogens with zero attached hydrogens (tertiary/aromatic N) is 1. The van der Waals surface area contributed by atoms with Crippen LogP contribution in [0.4, 0.5) is 0 Å². The van der Waals surface area contributed by atoms with Crippen molar-refractivity contribution in [3.05, 3.63) is 12.3 Å². The van der Waals surface area contributed by atoms with Gasteiger partial charge in [-0.2, -0.15) is 0 Å². The zero-order chi connectivity index (χ0) is 5.86. The van der Waals surface area contributed by atoms with Crippen LogP contribution >= 0.6 is 12.6 Å². The molecule has 0 amide bonds. The van der Waals surface area contributed by atoms with Crippen LogP contribution in [0, 0.1) is 0 Å². The molecule has 0 unspecified atom stereocenters. The van der Waals surface area contributed by atoms with Gasteiger partial charge in [-0.1, -0.05) is 6.58 Å². The lowest BCUT2D eigenvalue weighted by Gasteiger charge is -1.84. The quantitative estimate of drug-likeness (QED) is 0.304. The normalized spacial score (nSPS) is 11.6. The van der Waals surface area contributed by atoms with Crippen LogP contribution in [0.5, 0.6) is 0 Å². The Morgan fingerprint density at radius 2 is 2.00 bits per heavy atom. The van der Waals surface area contributed by atoms with Gasteiger partial charge in [0.15, 0.2) is 0 Å². The van der Waals surface area contributed by atoms with Crippen molar-refractivity contribution in [3.8, 4) is 0 Å². The molecule has 40 valence electrons.